The van der Waals surface area contributed by atoms with Gasteiger partial charge in [-0.3, -0.25) is 4.79 Å². The highest BCUT2D eigenvalue weighted by atomic mass is 35.5. The summed E-state index contributed by atoms with van der Waals surface area (Å²) < 4.78 is 6.64. The summed E-state index contributed by atoms with van der Waals surface area (Å²) in [6.07, 6.45) is 0. The summed E-state index contributed by atoms with van der Waals surface area (Å²) in [6, 6.07) is 13.8. The zero-order valence-electron chi connectivity index (χ0n) is 18.8. The van der Waals surface area contributed by atoms with Crippen molar-refractivity contribution in [3.63, 3.8) is 0 Å². The summed E-state index contributed by atoms with van der Waals surface area (Å²) in [5.41, 5.74) is 4.31. The molecule has 5 rings (SSSR count). The van der Waals surface area contributed by atoms with Gasteiger partial charge in [-0.1, -0.05) is 18.2 Å². The molecule has 0 amide bonds. The van der Waals surface area contributed by atoms with E-state index in [4.69, 9.17) is 21.5 Å². The van der Waals surface area contributed by atoms with Crippen LogP contribution in [0.25, 0.3) is 33.3 Å². The quantitative estimate of drug-likeness (QED) is 0.453. The number of nitrogens with zero attached hydrogens (tertiary/aromatic N) is 4. The zero-order chi connectivity index (χ0) is 22.9. The zero-order valence-corrected chi connectivity index (χ0v) is 19.5. The standard InChI is InChI=1S/C24H27ClN6O2/c1-29(2)10-9-26-22-17-5-3-4-6-20(17)31(25)24(32)21(22)23-27-18-8-7-16(15-19(18)28-23)30-11-13-33-14-12-30/h3-8,15,26H,9-14H2,1-2H3,(H,27,28). The van der Waals surface area contributed by atoms with E-state index in [1.54, 1.807) is 0 Å². The second-order valence-corrected chi connectivity index (χ2v) is 8.81. The van der Waals surface area contributed by atoms with Gasteiger partial charge in [0, 0.05) is 49.0 Å². The van der Waals surface area contributed by atoms with Gasteiger partial charge in [-0.15, -0.1) is 0 Å². The molecule has 1 aliphatic heterocycles. The molecule has 33 heavy (non-hydrogen) atoms. The van der Waals surface area contributed by atoms with Gasteiger partial charge in [0.15, 0.2) is 0 Å². The highest BCUT2D eigenvalue weighted by molar-refractivity contribution is 6.20. The molecule has 0 bridgehead atoms. The smallest absolute Gasteiger partial charge is 0.278 e. The Morgan fingerprint density at radius 1 is 1.18 bits per heavy atom. The number of likely N-dealkylation sites (N-methyl/N-ethyl adjacent to an activating group) is 1. The normalized spacial score (nSPS) is 14.5. The predicted octanol–water partition coefficient (Wildman–Crippen LogP) is 3.36. The maximum Gasteiger partial charge on any atom is 0.278 e. The Bertz CT molecular complexity index is 1360. The number of rotatable bonds is 6. The third-order valence-electron chi connectivity index (χ3n) is 5.97. The average Bonchev–Trinajstić information content (AvgIpc) is 3.25. The van der Waals surface area contributed by atoms with E-state index in [0.29, 0.717) is 23.4 Å². The SMILES string of the molecule is CN(C)CCNc1c(-c2nc3ccc(N4CCOCC4)cc3[nH]2)c(=O)n(Cl)c2ccccc12. The summed E-state index contributed by atoms with van der Waals surface area (Å²) in [5.74, 6) is 0.502. The predicted molar refractivity (Wildman–Crippen MR) is 135 cm³/mol. The minimum atomic E-state index is -0.310. The van der Waals surface area contributed by atoms with E-state index in [-0.39, 0.29) is 5.56 Å². The van der Waals surface area contributed by atoms with Crippen molar-refractivity contribution in [2.24, 2.45) is 0 Å². The number of hydrogen-bond acceptors (Lipinski definition) is 6. The van der Waals surface area contributed by atoms with E-state index in [9.17, 15) is 4.79 Å². The number of anilines is 2. The number of benzene rings is 2. The van der Waals surface area contributed by atoms with Crippen LogP contribution in [0.1, 0.15) is 0 Å². The molecule has 1 saturated heterocycles. The molecular weight excluding hydrogens is 440 g/mol. The fraction of sp³-hybridized carbons (Fsp3) is 0.333. The summed E-state index contributed by atoms with van der Waals surface area (Å²) in [4.78, 5) is 25.9. The fourth-order valence-corrected chi connectivity index (χ4v) is 4.48. The lowest BCUT2D eigenvalue weighted by molar-refractivity contribution is 0.122. The molecule has 4 aromatic rings. The van der Waals surface area contributed by atoms with Gasteiger partial charge >= 0.3 is 0 Å². The van der Waals surface area contributed by atoms with Gasteiger partial charge in [-0.2, -0.15) is 0 Å². The Balaban J connectivity index is 1.63. The molecule has 9 heteroatoms. The monoisotopic (exact) mass is 466 g/mol. The van der Waals surface area contributed by atoms with Crippen LogP contribution in [0.4, 0.5) is 11.4 Å². The van der Waals surface area contributed by atoms with Gasteiger partial charge in [-0.25, -0.2) is 9.07 Å². The first kappa shape index (κ1) is 21.8. The molecule has 2 aromatic heterocycles. The first-order chi connectivity index (χ1) is 16.0. The van der Waals surface area contributed by atoms with Crippen molar-refractivity contribution in [1.29, 1.82) is 0 Å². The number of fused-ring (bicyclic) bond motifs is 2. The summed E-state index contributed by atoms with van der Waals surface area (Å²) in [5, 5.41) is 4.34. The lowest BCUT2D eigenvalue weighted by Crippen LogP contribution is -2.36. The maximum atomic E-state index is 13.4. The molecule has 0 atom stereocenters. The van der Waals surface area contributed by atoms with Gasteiger partial charge < -0.3 is 24.8 Å². The Morgan fingerprint density at radius 3 is 2.76 bits per heavy atom. The lowest BCUT2D eigenvalue weighted by atomic mass is 10.1. The largest absolute Gasteiger partial charge is 0.382 e. The number of H-pyrrole nitrogens is 1. The van der Waals surface area contributed by atoms with Crippen LogP contribution in [0.3, 0.4) is 0 Å². The molecule has 0 aliphatic carbocycles. The highest BCUT2D eigenvalue weighted by Gasteiger charge is 2.21. The van der Waals surface area contributed by atoms with Crippen molar-refractivity contribution in [2.75, 3.05) is 63.7 Å². The van der Waals surface area contributed by atoms with Crippen LogP contribution in [0.5, 0.6) is 0 Å². The minimum Gasteiger partial charge on any atom is -0.382 e. The van der Waals surface area contributed by atoms with Crippen molar-refractivity contribution in [3.05, 3.63) is 52.8 Å². The number of nitrogens with one attached hydrogen (secondary N) is 2. The molecule has 0 saturated carbocycles. The van der Waals surface area contributed by atoms with Crippen molar-refractivity contribution < 1.29 is 4.74 Å². The van der Waals surface area contributed by atoms with Crippen LogP contribution in [0, 0.1) is 0 Å². The van der Waals surface area contributed by atoms with Crippen LogP contribution in [0.15, 0.2) is 47.3 Å². The molecule has 0 unspecified atom stereocenters. The van der Waals surface area contributed by atoms with Crippen LogP contribution >= 0.6 is 11.8 Å². The van der Waals surface area contributed by atoms with E-state index >= 15 is 0 Å². The molecule has 172 valence electrons. The number of halogens is 1. The van der Waals surface area contributed by atoms with Gasteiger partial charge in [0.05, 0.1) is 35.5 Å². The summed E-state index contributed by atoms with van der Waals surface area (Å²) >= 11 is 6.47. The topological polar surface area (TPSA) is 78.4 Å². The molecular formula is C24H27ClN6O2. The number of morpholine rings is 1. The van der Waals surface area contributed by atoms with Crippen molar-refractivity contribution >= 4 is 45.1 Å². The maximum absolute atomic E-state index is 13.4. The minimum absolute atomic E-state index is 0.310. The Labute approximate surface area is 196 Å². The summed E-state index contributed by atoms with van der Waals surface area (Å²) in [7, 11) is 4.03. The number of imidazole rings is 1. The fourth-order valence-electron chi connectivity index (χ4n) is 4.25. The molecule has 1 fully saturated rings. The van der Waals surface area contributed by atoms with Crippen LogP contribution < -0.4 is 15.8 Å². The van der Waals surface area contributed by atoms with E-state index in [2.05, 4.69) is 32.2 Å². The van der Waals surface area contributed by atoms with Crippen molar-refractivity contribution in [2.45, 2.75) is 0 Å². The molecule has 1 aliphatic rings. The van der Waals surface area contributed by atoms with Crippen LogP contribution in [0.2, 0.25) is 0 Å². The third-order valence-corrected chi connectivity index (χ3v) is 6.30. The van der Waals surface area contributed by atoms with Gasteiger partial charge in [0.1, 0.15) is 11.4 Å². The number of hydrogen-bond donors (Lipinski definition) is 2. The lowest BCUT2D eigenvalue weighted by Gasteiger charge is -2.28. The molecule has 0 spiro atoms. The van der Waals surface area contributed by atoms with Gasteiger partial charge in [0.25, 0.3) is 5.56 Å². The second kappa shape index (κ2) is 9.05. The van der Waals surface area contributed by atoms with Gasteiger partial charge in [-0.05, 0) is 38.4 Å². The number of ether oxygens (including phenoxy) is 1. The van der Waals surface area contributed by atoms with Crippen molar-refractivity contribution in [1.82, 2.24) is 19.0 Å². The Kier molecular flexibility index (Phi) is 5.97. The van der Waals surface area contributed by atoms with Crippen LogP contribution in [-0.4, -0.2) is 72.4 Å². The first-order valence-electron chi connectivity index (χ1n) is 11.1. The number of aromatic nitrogens is 3. The molecule has 2 N–H and O–H groups in total. The van der Waals surface area contributed by atoms with Gasteiger partial charge in [0.2, 0.25) is 0 Å². The molecule has 3 heterocycles. The van der Waals surface area contributed by atoms with E-state index in [1.165, 1.54) is 4.09 Å². The number of para-hydroxylation sites is 1. The first-order valence-corrected chi connectivity index (χ1v) is 11.4. The number of aromatic amines is 1. The second-order valence-electron chi connectivity index (χ2n) is 8.47. The molecule has 0 radical (unpaired) electrons. The average molecular weight is 467 g/mol. The van der Waals surface area contributed by atoms with Crippen molar-refractivity contribution in [3.8, 4) is 11.4 Å². The van der Waals surface area contributed by atoms with E-state index in [1.807, 2.05) is 44.4 Å². The van der Waals surface area contributed by atoms with Crippen LogP contribution in [-0.2, 0) is 4.74 Å². The third kappa shape index (κ3) is 4.17. The highest BCUT2D eigenvalue weighted by Crippen LogP contribution is 2.33. The molecule has 2 aromatic carbocycles. The number of pyridine rings is 1. The Hall–Kier alpha value is -3.07. The van der Waals surface area contributed by atoms with E-state index in [0.717, 1.165) is 60.6 Å². The Morgan fingerprint density at radius 2 is 1.97 bits per heavy atom. The summed E-state index contributed by atoms with van der Waals surface area (Å²) in [6.45, 7) is 4.65. The molecule has 8 nitrogen and oxygen atoms in total. The van der Waals surface area contributed by atoms with E-state index < -0.39 is 0 Å².